The van der Waals surface area contributed by atoms with E-state index in [9.17, 15) is 9.59 Å². The summed E-state index contributed by atoms with van der Waals surface area (Å²) in [5.74, 6) is 0.947. The number of nitrogens with zero attached hydrogens (tertiary/aromatic N) is 2. The van der Waals surface area contributed by atoms with E-state index < -0.39 is 0 Å². The van der Waals surface area contributed by atoms with Gasteiger partial charge in [0.15, 0.2) is 0 Å². The number of hydrogen-bond donors (Lipinski definition) is 2. The van der Waals surface area contributed by atoms with E-state index in [2.05, 4.69) is 50.3 Å². The van der Waals surface area contributed by atoms with Gasteiger partial charge in [0.05, 0.1) is 6.54 Å². The van der Waals surface area contributed by atoms with Crippen molar-refractivity contribution < 1.29 is 9.59 Å². The molecule has 0 saturated carbocycles. The molecule has 3 rings (SSSR count). The van der Waals surface area contributed by atoms with E-state index in [0.717, 1.165) is 36.1 Å². The Morgan fingerprint density at radius 2 is 1.79 bits per heavy atom. The molecule has 2 amide bonds. The maximum atomic E-state index is 12.4. The number of hydrogen-bond acceptors (Lipinski definition) is 4. The minimum atomic E-state index is -0.0525. The molecule has 29 heavy (non-hydrogen) atoms. The molecular formula is C22H27BrN4O2. The number of amides is 2. The third kappa shape index (κ3) is 6.37. The highest BCUT2D eigenvalue weighted by Gasteiger charge is 2.26. The van der Waals surface area contributed by atoms with Crippen LogP contribution in [0.1, 0.15) is 38.2 Å². The number of benzene rings is 1. The molecule has 0 unspecified atom stereocenters. The van der Waals surface area contributed by atoms with Crippen molar-refractivity contribution in [3.63, 3.8) is 0 Å². The molecule has 1 aliphatic heterocycles. The molecule has 0 aliphatic carbocycles. The van der Waals surface area contributed by atoms with Crippen LogP contribution in [0, 0.1) is 5.92 Å². The lowest BCUT2D eigenvalue weighted by atomic mass is 9.96. The van der Waals surface area contributed by atoms with Crippen molar-refractivity contribution in [1.82, 2.24) is 9.88 Å². The van der Waals surface area contributed by atoms with Crippen LogP contribution in [0.2, 0.25) is 0 Å². The summed E-state index contributed by atoms with van der Waals surface area (Å²) in [5.41, 5.74) is 2.07. The number of likely N-dealkylation sites (tertiary alicyclic amines) is 1. The van der Waals surface area contributed by atoms with E-state index in [0.29, 0.717) is 18.3 Å². The van der Waals surface area contributed by atoms with E-state index in [1.54, 1.807) is 12.3 Å². The van der Waals surface area contributed by atoms with Gasteiger partial charge in [0.2, 0.25) is 11.8 Å². The largest absolute Gasteiger partial charge is 0.325 e. The molecule has 1 aliphatic rings. The minimum Gasteiger partial charge on any atom is -0.325 e. The van der Waals surface area contributed by atoms with Crippen LogP contribution in [0.3, 0.4) is 0 Å². The number of rotatable bonds is 6. The van der Waals surface area contributed by atoms with Crippen LogP contribution in [0.5, 0.6) is 0 Å². The van der Waals surface area contributed by atoms with E-state index in [1.807, 2.05) is 30.3 Å². The number of carbonyl (C=O) groups excluding carboxylic acids is 2. The summed E-state index contributed by atoms with van der Waals surface area (Å²) in [4.78, 5) is 31.1. The lowest BCUT2D eigenvalue weighted by Gasteiger charge is -2.30. The Kier molecular flexibility index (Phi) is 7.39. The molecule has 1 aromatic heterocycles. The van der Waals surface area contributed by atoms with Gasteiger partial charge in [0.1, 0.15) is 5.82 Å². The average molecular weight is 459 g/mol. The summed E-state index contributed by atoms with van der Waals surface area (Å²) in [5, 5.41) is 5.83. The van der Waals surface area contributed by atoms with Crippen molar-refractivity contribution in [2.45, 2.75) is 32.6 Å². The van der Waals surface area contributed by atoms with Gasteiger partial charge in [-0.15, -0.1) is 0 Å². The van der Waals surface area contributed by atoms with Crippen molar-refractivity contribution in [3.8, 4) is 0 Å². The number of halogens is 1. The number of nitrogens with one attached hydrogen (secondary N) is 2. The Balaban J connectivity index is 1.42. The lowest BCUT2D eigenvalue weighted by molar-refractivity contribution is -0.121. The summed E-state index contributed by atoms with van der Waals surface area (Å²) in [6.07, 6.45) is 3.13. The van der Waals surface area contributed by atoms with Gasteiger partial charge in [-0.1, -0.05) is 26.0 Å². The number of anilines is 2. The van der Waals surface area contributed by atoms with Gasteiger partial charge >= 0.3 is 0 Å². The zero-order valence-corrected chi connectivity index (χ0v) is 18.4. The van der Waals surface area contributed by atoms with Crippen molar-refractivity contribution in [3.05, 3.63) is 52.6 Å². The minimum absolute atomic E-state index is 0.00540. The van der Waals surface area contributed by atoms with E-state index in [1.165, 1.54) is 5.56 Å². The third-order valence-corrected chi connectivity index (χ3v) is 5.63. The molecule has 1 aromatic carbocycles. The van der Waals surface area contributed by atoms with Gasteiger partial charge in [-0.2, -0.15) is 0 Å². The first kappa shape index (κ1) is 21.5. The first-order valence-corrected chi connectivity index (χ1v) is 10.7. The SMILES string of the molecule is CC(C)c1ccc(NC(=O)CN2CCC(C(=O)Nc3ccc(Br)cn3)CC2)cc1. The van der Waals surface area contributed by atoms with Gasteiger partial charge in [-0.05, 0) is 77.6 Å². The standard InChI is InChI=1S/C22H27BrN4O2/c1-15(2)16-3-6-19(7-4-16)25-21(28)14-27-11-9-17(10-12-27)22(29)26-20-8-5-18(23)13-24-20/h3-8,13,15,17H,9-12,14H2,1-2H3,(H,25,28)(H,24,26,29). The van der Waals surface area contributed by atoms with Crippen LogP contribution in [0.4, 0.5) is 11.5 Å². The van der Waals surface area contributed by atoms with Crippen molar-refractivity contribution in [2.75, 3.05) is 30.3 Å². The van der Waals surface area contributed by atoms with Crippen LogP contribution in [0.25, 0.3) is 0 Å². The van der Waals surface area contributed by atoms with Crippen LogP contribution in [-0.4, -0.2) is 41.3 Å². The van der Waals surface area contributed by atoms with Crippen molar-refractivity contribution in [1.29, 1.82) is 0 Å². The maximum absolute atomic E-state index is 12.4. The predicted octanol–water partition coefficient (Wildman–Crippen LogP) is 4.26. The van der Waals surface area contributed by atoms with Crippen LogP contribution in [-0.2, 0) is 9.59 Å². The Bertz CT molecular complexity index is 829. The second kappa shape index (κ2) is 9.98. The molecule has 0 radical (unpaired) electrons. The first-order valence-electron chi connectivity index (χ1n) is 9.95. The maximum Gasteiger partial charge on any atom is 0.238 e. The smallest absolute Gasteiger partial charge is 0.238 e. The Labute approximate surface area is 180 Å². The molecule has 1 saturated heterocycles. The Hall–Kier alpha value is -2.25. The third-order valence-electron chi connectivity index (χ3n) is 5.17. The quantitative estimate of drug-likeness (QED) is 0.677. The number of carbonyl (C=O) groups is 2. The molecule has 7 heteroatoms. The fraction of sp³-hybridized carbons (Fsp3) is 0.409. The van der Waals surface area contributed by atoms with Crippen LogP contribution in [0.15, 0.2) is 47.1 Å². The van der Waals surface area contributed by atoms with Gasteiger partial charge < -0.3 is 10.6 Å². The van der Waals surface area contributed by atoms with E-state index in [4.69, 9.17) is 0 Å². The molecule has 0 atom stereocenters. The zero-order valence-electron chi connectivity index (χ0n) is 16.8. The summed E-state index contributed by atoms with van der Waals surface area (Å²) < 4.78 is 0.873. The van der Waals surface area contributed by atoms with Gasteiger partial charge in [-0.25, -0.2) is 4.98 Å². The number of aromatic nitrogens is 1. The molecular weight excluding hydrogens is 432 g/mol. The van der Waals surface area contributed by atoms with Gasteiger partial charge in [0, 0.05) is 22.3 Å². The summed E-state index contributed by atoms with van der Waals surface area (Å²) in [6, 6.07) is 11.6. The fourth-order valence-electron chi connectivity index (χ4n) is 3.39. The van der Waals surface area contributed by atoms with E-state index in [-0.39, 0.29) is 17.7 Å². The van der Waals surface area contributed by atoms with Gasteiger partial charge in [0.25, 0.3) is 0 Å². The monoisotopic (exact) mass is 458 g/mol. The second-order valence-electron chi connectivity index (χ2n) is 7.73. The summed E-state index contributed by atoms with van der Waals surface area (Å²) >= 11 is 3.33. The molecule has 154 valence electrons. The van der Waals surface area contributed by atoms with Crippen LogP contribution >= 0.6 is 15.9 Å². The highest BCUT2D eigenvalue weighted by Crippen LogP contribution is 2.20. The molecule has 2 heterocycles. The molecule has 2 N–H and O–H groups in total. The highest BCUT2D eigenvalue weighted by atomic mass is 79.9. The molecule has 0 bridgehead atoms. The Morgan fingerprint density at radius 1 is 1.10 bits per heavy atom. The highest BCUT2D eigenvalue weighted by molar-refractivity contribution is 9.10. The average Bonchev–Trinajstić information content (AvgIpc) is 2.70. The molecule has 0 spiro atoms. The van der Waals surface area contributed by atoms with E-state index >= 15 is 0 Å². The predicted molar refractivity (Wildman–Crippen MR) is 119 cm³/mol. The summed E-state index contributed by atoms with van der Waals surface area (Å²) in [6.45, 7) is 6.09. The first-order chi connectivity index (χ1) is 13.9. The van der Waals surface area contributed by atoms with Crippen molar-refractivity contribution >= 4 is 39.2 Å². The fourth-order valence-corrected chi connectivity index (χ4v) is 3.62. The second-order valence-corrected chi connectivity index (χ2v) is 8.64. The molecule has 2 aromatic rings. The normalized spacial score (nSPS) is 15.3. The van der Waals surface area contributed by atoms with Crippen molar-refractivity contribution in [2.24, 2.45) is 5.92 Å². The Morgan fingerprint density at radius 3 is 2.38 bits per heavy atom. The number of pyridine rings is 1. The topological polar surface area (TPSA) is 74.3 Å². The molecule has 6 nitrogen and oxygen atoms in total. The van der Waals surface area contributed by atoms with Gasteiger partial charge in [-0.3, -0.25) is 14.5 Å². The number of piperidine rings is 1. The lowest BCUT2D eigenvalue weighted by Crippen LogP contribution is -2.41. The van der Waals surface area contributed by atoms with Crippen LogP contribution < -0.4 is 10.6 Å². The zero-order chi connectivity index (χ0) is 20.8. The molecule has 1 fully saturated rings. The summed E-state index contributed by atoms with van der Waals surface area (Å²) in [7, 11) is 0.